The van der Waals surface area contributed by atoms with Crippen LogP contribution in [0.1, 0.15) is 19.0 Å². The lowest BCUT2D eigenvalue weighted by atomic mass is 10.1. The van der Waals surface area contributed by atoms with Gasteiger partial charge in [-0.05, 0) is 13.0 Å². The number of benzene rings is 1. The van der Waals surface area contributed by atoms with E-state index in [0.29, 0.717) is 6.54 Å². The summed E-state index contributed by atoms with van der Waals surface area (Å²) >= 11 is 0. The molecule has 1 N–H and O–H groups in total. The number of hydrogen-bond acceptors (Lipinski definition) is 3. The summed E-state index contributed by atoms with van der Waals surface area (Å²) in [7, 11) is 1.85. The van der Waals surface area contributed by atoms with E-state index in [-0.39, 0.29) is 25.3 Å². The van der Waals surface area contributed by atoms with Crippen molar-refractivity contribution in [2.75, 3.05) is 13.1 Å². The minimum Gasteiger partial charge on any atom is -0.481 e. The SMILES string of the molecule is CCN(CCC(=O)O)C(=O)Cc1nn(C)c2ccccc12. The second-order valence-electron chi connectivity index (χ2n) is 4.88. The Balaban J connectivity index is 2.15. The molecule has 0 spiro atoms. The van der Waals surface area contributed by atoms with Gasteiger partial charge in [0.15, 0.2) is 0 Å². The van der Waals surface area contributed by atoms with Crippen molar-refractivity contribution in [2.24, 2.45) is 7.05 Å². The lowest BCUT2D eigenvalue weighted by molar-refractivity contribution is -0.138. The Kier molecular flexibility index (Phi) is 4.57. The van der Waals surface area contributed by atoms with E-state index in [9.17, 15) is 9.59 Å². The molecule has 112 valence electrons. The third-order valence-corrected chi connectivity index (χ3v) is 3.48. The van der Waals surface area contributed by atoms with Crippen LogP contribution in [0.3, 0.4) is 0 Å². The molecule has 0 saturated carbocycles. The van der Waals surface area contributed by atoms with Gasteiger partial charge in [-0.1, -0.05) is 18.2 Å². The van der Waals surface area contributed by atoms with E-state index in [4.69, 9.17) is 5.11 Å². The van der Waals surface area contributed by atoms with Crippen LogP contribution < -0.4 is 0 Å². The first-order valence-electron chi connectivity index (χ1n) is 6.93. The van der Waals surface area contributed by atoms with E-state index in [2.05, 4.69) is 5.10 Å². The molecule has 2 aromatic rings. The molecule has 6 heteroatoms. The first-order valence-corrected chi connectivity index (χ1v) is 6.93. The Bertz CT molecular complexity index is 663. The number of para-hydroxylation sites is 1. The van der Waals surface area contributed by atoms with Crippen molar-refractivity contribution >= 4 is 22.8 Å². The molecule has 0 aliphatic heterocycles. The number of carbonyl (C=O) groups excluding carboxylic acids is 1. The van der Waals surface area contributed by atoms with Gasteiger partial charge in [0.25, 0.3) is 0 Å². The fraction of sp³-hybridized carbons (Fsp3) is 0.400. The number of rotatable bonds is 6. The molecule has 0 atom stereocenters. The van der Waals surface area contributed by atoms with Crippen LogP contribution in [-0.4, -0.2) is 44.8 Å². The fourth-order valence-corrected chi connectivity index (χ4v) is 2.36. The first-order chi connectivity index (χ1) is 10.0. The highest BCUT2D eigenvalue weighted by atomic mass is 16.4. The molecule has 0 aliphatic rings. The van der Waals surface area contributed by atoms with E-state index >= 15 is 0 Å². The smallest absolute Gasteiger partial charge is 0.305 e. The Morgan fingerprint density at radius 3 is 2.71 bits per heavy atom. The Morgan fingerprint density at radius 2 is 2.05 bits per heavy atom. The maximum absolute atomic E-state index is 12.3. The molecule has 0 bridgehead atoms. The molecule has 6 nitrogen and oxygen atoms in total. The number of carbonyl (C=O) groups is 2. The Morgan fingerprint density at radius 1 is 1.33 bits per heavy atom. The summed E-state index contributed by atoms with van der Waals surface area (Å²) < 4.78 is 1.76. The Hall–Kier alpha value is -2.37. The number of carboxylic acid groups (broad SMARTS) is 1. The van der Waals surface area contributed by atoms with Crippen LogP contribution in [0.15, 0.2) is 24.3 Å². The zero-order valence-corrected chi connectivity index (χ0v) is 12.2. The van der Waals surface area contributed by atoms with Crippen LogP contribution in [0.5, 0.6) is 0 Å². The third kappa shape index (κ3) is 3.39. The molecular weight excluding hydrogens is 270 g/mol. The van der Waals surface area contributed by atoms with E-state index in [1.165, 1.54) is 0 Å². The molecule has 1 aromatic carbocycles. The maximum atomic E-state index is 12.3. The van der Waals surface area contributed by atoms with Crippen LogP contribution in [0.2, 0.25) is 0 Å². The fourth-order valence-electron chi connectivity index (χ4n) is 2.36. The highest BCUT2D eigenvalue weighted by molar-refractivity contribution is 5.87. The number of hydrogen-bond donors (Lipinski definition) is 1. The largest absolute Gasteiger partial charge is 0.481 e. The average Bonchev–Trinajstić information content (AvgIpc) is 2.76. The zero-order valence-electron chi connectivity index (χ0n) is 12.2. The van der Waals surface area contributed by atoms with Gasteiger partial charge in [-0.3, -0.25) is 14.3 Å². The van der Waals surface area contributed by atoms with Crippen molar-refractivity contribution < 1.29 is 14.7 Å². The second-order valence-corrected chi connectivity index (χ2v) is 4.88. The van der Waals surface area contributed by atoms with Gasteiger partial charge < -0.3 is 10.0 Å². The molecule has 0 aliphatic carbocycles. The number of amides is 1. The van der Waals surface area contributed by atoms with Gasteiger partial charge in [-0.2, -0.15) is 5.10 Å². The summed E-state index contributed by atoms with van der Waals surface area (Å²) in [6.07, 6.45) is 0.150. The number of likely N-dealkylation sites (N-methyl/N-ethyl adjacent to an activating group) is 1. The van der Waals surface area contributed by atoms with Gasteiger partial charge in [-0.25, -0.2) is 0 Å². The van der Waals surface area contributed by atoms with Crippen molar-refractivity contribution in [2.45, 2.75) is 19.8 Å². The van der Waals surface area contributed by atoms with Gasteiger partial charge in [0.1, 0.15) is 0 Å². The maximum Gasteiger partial charge on any atom is 0.305 e. The first kappa shape index (κ1) is 15.0. The molecule has 0 radical (unpaired) electrons. The molecular formula is C15H19N3O3. The summed E-state index contributed by atoms with van der Waals surface area (Å²) in [6, 6.07) is 7.75. The number of carboxylic acids is 1. The van der Waals surface area contributed by atoms with Gasteiger partial charge in [0.2, 0.25) is 5.91 Å². The summed E-state index contributed by atoms with van der Waals surface area (Å²) in [4.78, 5) is 24.5. The number of fused-ring (bicyclic) bond motifs is 1. The molecule has 1 aromatic heterocycles. The van der Waals surface area contributed by atoms with Crippen molar-refractivity contribution in [3.05, 3.63) is 30.0 Å². The molecule has 0 unspecified atom stereocenters. The summed E-state index contributed by atoms with van der Waals surface area (Å²) in [5.41, 5.74) is 1.71. The molecule has 21 heavy (non-hydrogen) atoms. The predicted molar refractivity (Wildman–Crippen MR) is 78.9 cm³/mol. The standard InChI is InChI=1S/C15H19N3O3/c1-3-18(9-8-15(20)21)14(19)10-12-11-6-4-5-7-13(11)17(2)16-12/h4-7H,3,8-10H2,1-2H3,(H,20,21). The molecule has 1 heterocycles. The van der Waals surface area contributed by atoms with Gasteiger partial charge in [0.05, 0.1) is 24.1 Å². The normalized spacial score (nSPS) is 10.8. The van der Waals surface area contributed by atoms with Crippen molar-refractivity contribution in [1.29, 1.82) is 0 Å². The minimum atomic E-state index is -0.899. The van der Waals surface area contributed by atoms with Crippen molar-refractivity contribution in [1.82, 2.24) is 14.7 Å². The second kappa shape index (κ2) is 6.39. The summed E-state index contributed by atoms with van der Waals surface area (Å²) in [6.45, 7) is 2.57. The number of aromatic nitrogens is 2. The highest BCUT2D eigenvalue weighted by Gasteiger charge is 2.17. The summed E-state index contributed by atoms with van der Waals surface area (Å²) in [5.74, 6) is -0.993. The lowest BCUT2D eigenvalue weighted by Gasteiger charge is -2.19. The highest BCUT2D eigenvalue weighted by Crippen LogP contribution is 2.18. The van der Waals surface area contributed by atoms with Crippen molar-refractivity contribution in [3.63, 3.8) is 0 Å². The topological polar surface area (TPSA) is 75.4 Å². The van der Waals surface area contributed by atoms with E-state index in [0.717, 1.165) is 16.6 Å². The van der Waals surface area contributed by atoms with Crippen molar-refractivity contribution in [3.8, 4) is 0 Å². The predicted octanol–water partition coefficient (Wildman–Crippen LogP) is 1.44. The number of aryl methyl sites for hydroxylation is 1. The Labute approximate surface area is 123 Å². The van der Waals surface area contributed by atoms with Crippen LogP contribution in [0.25, 0.3) is 10.9 Å². The molecule has 2 rings (SSSR count). The summed E-state index contributed by atoms with van der Waals surface area (Å²) in [5, 5.41) is 14.1. The van der Waals surface area contributed by atoms with Crippen LogP contribution in [0, 0.1) is 0 Å². The lowest BCUT2D eigenvalue weighted by Crippen LogP contribution is -2.34. The molecule has 1 amide bonds. The third-order valence-electron chi connectivity index (χ3n) is 3.48. The number of nitrogens with zero attached hydrogens (tertiary/aromatic N) is 3. The van der Waals surface area contributed by atoms with Gasteiger partial charge >= 0.3 is 5.97 Å². The van der Waals surface area contributed by atoms with Gasteiger partial charge in [-0.15, -0.1) is 0 Å². The van der Waals surface area contributed by atoms with Crippen LogP contribution >= 0.6 is 0 Å². The monoisotopic (exact) mass is 289 g/mol. The van der Waals surface area contributed by atoms with Gasteiger partial charge in [0, 0.05) is 25.5 Å². The van der Waals surface area contributed by atoms with E-state index in [1.54, 1.807) is 9.58 Å². The average molecular weight is 289 g/mol. The molecule has 0 fully saturated rings. The minimum absolute atomic E-state index is 0.0391. The van der Waals surface area contributed by atoms with E-state index in [1.807, 2.05) is 38.2 Å². The zero-order chi connectivity index (χ0) is 15.4. The quantitative estimate of drug-likeness (QED) is 0.873. The van der Waals surface area contributed by atoms with E-state index < -0.39 is 5.97 Å². The molecule has 0 saturated heterocycles. The number of aliphatic carboxylic acids is 1. The van der Waals surface area contributed by atoms with Crippen LogP contribution in [-0.2, 0) is 23.1 Å². The van der Waals surface area contributed by atoms with Crippen LogP contribution in [0.4, 0.5) is 0 Å².